The van der Waals surface area contributed by atoms with Gasteiger partial charge in [-0.1, -0.05) is 13.0 Å². The standard InChI is InChI=1S/C12H18N2O3/c1-3-8(7-15)14-12(16)11-9(13)5-4-6-10(11)17-2/h4-6,8,15H,3,7,13H2,1-2H3,(H,14,16)/t8-/m0/s1. The van der Waals surface area contributed by atoms with Gasteiger partial charge in [0, 0.05) is 5.69 Å². The summed E-state index contributed by atoms with van der Waals surface area (Å²) in [5.41, 5.74) is 6.42. The van der Waals surface area contributed by atoms with Gasteiger partial charge in [-0.2, -0.15) is 0 Å². The second-order valence-corrected chi connectivity index (χ2v) is 3.69. The van der Waals surface area contributed by atoms with E-state index in [1.54, 1.807) is 18.2 Å². The van der Waals surface area contributed by atoms with E-state index >= 15 is 0 Å². The number of aliphatic hydroxyl groups excluding tert-OH is 1. The van der Waals surface area contributed by atoms with Crippen molar-refractivity contribution in [2.24, 2.45) is 0 Å². The lowest BCUT2D eigenvalue weighted by molar-refractivity contribution is 0.0913. The molecule has 17 heavy (non-hydrogen) atoms. The molecular weight excluding hydrogens is 220 g/mol. The van der Waals surface area contributed by atoms with Gasteiger partial charge < -0.3 is 20.9 Å². The summed E-state index contributed by atoms with van der Waals surface area (Å²) < 4.78 is 5.09. The number of nitrogen functional groups attached to an aromatic ring is 1. The maximum absolute atomic E-state index is 12.0. The predicted octanol–water partition coefficient (Wildman–Crippen LogP) is 0.778. The monoisotopic (exact) mass is 238 g/mol. The Morgan fingerprint density at radius 1 is 1.59 bits per heavy atom. The van der Waals surface area contributed by atoms with Crippen LogP contribution in [0.15, 0.2) is 18.2 Å². The molecule has 5 nitrogen and oxygen atoms in total. The van der Waals surface area contributed by atoms with Crippen molar-refractivity contribution in [3.05, 3.63) is 23.8 Å². The van der Waals surface area contributed by atoms with Crippen LogP contribution in [0, 0.1) is 0 Å². The zero-order valence-corrected chi connectivity index (χ0v) is 10.1. The number of carbonyl (C=O) groups excluding carboxylic acids is 1. The Morgan fingerprint density at radius 2 is 2.29 bits per heavy atom. The number of nitrogens with one attached hydrogen (secondary N) is 1. The molecule has 0 aliphatic rings. The van der Waals surface area contributed by atoms with Crippen LogP contribution in [-0.2, 0) is 0 Å². The largest absolute Gasteiger partial charge is 0.496 e. The molecule has 1 atom stereocenters. The second-order valence-electron chi connectivity index (χ2n) is 3.69. The van der Waals surface area contributed by atoms with Crippen molar-refractivity contribution in [3.8, 4) is 5.75 Å². The van der Waals surface area contributed by atoms with Gasteiger partial charge in [-0.3, -0.25) is 4.79 Å². The SMILES string of the molecule is CC[C@@H](CO)NC(=O)c1c(N)cccc1OC. The third-order valence-corrected chi connectivity index (χ3v) is 2.55. The molecule has 0 heterocycles. The highest BCUT2D eigenvalue weighted by Crippen LogP contribution is 2.23. The molecule has 0 saturated carbocycles. The van der Waals surface area contributed by atoms with Crippen molar-refractivity contribution in [2.45, 2.75) is 19.4 Å². The van der Waals surface area contributed by atoms with Crippen LogP contribution >= 0.6 is 0 Å². The van der Waals surface area contributed by atoms with Gasteiger partial charge >= 0.3 is 0 Å². The molecular formula is C12H18N2O3. The minimum Gasteiger partial charge on any atom is -0.496 e. The maximum atomic E-state index is 12.0. The van der Waals surface area contributed by atoms with Crippen molar-refractivity contribution in [3.63, 3.8) is 0 Å². The van der Waals surface area contributed by atoms with Crippen LogP contribution in [0.25, 0.3) is 0 Å². The molecule has 94 valence electrons. The number of hydrogen-bond acceptors (Lipinski definition) is 4. The highest BCUT2D eigenvalue weighted by atomic mass is 16.5. The molecule has 4 N–H and O–H groups in total. The first-order chi connectivity index (χ1) is 8.13. The summed E-state index contributed by atoms with van der Waals surface area (Å²) in [6.45, 7) is 1.78. The van der Waals surface area contributed by atoms with Crippen molar-refractivity contribution >= 4 is 11.6 Å². The molecule has 0 spiro atoms. The van der Waals surface area contributed by atoms with Crippen molar-refractivity contribution in [1.29, 1.82) is 0 Å². The number of nitrogens with two attached hydrogens (primary N) is 1. The zero-order chi connectivity index (χ0) is 12.8. The quantitative estimate of drug-likeness (QED) is 0.662. The van der Waals surface area contributed by atoms with Crippen molar-refractivity contribution in [2.75, 3.05) is 19.5 Å². The summed E-state index contributed by atoms with van der Waals surface area (Å²) in [7, 11) is 1.48. The number of amides is 1. The Bertz CT molecular complexity index is 389. The Balaban J connectivity index is 2.95. The Labute approximate surface area is 101 Å². The summed E-state index contributed by atoms with van der Waals surface area (Å²) >= 11 is 0. The molecule has 0 saturated heterocycles. The number of ether oxygens (including phenoxy) is 1. The average Bonchev–Trinajstić information content (AvgIpc) is 2.35. The summed E-state index contributed by atoms with van der Waals surface area (Å²) in [6, 6.07) is 4.75. The van der Waals surface area contributed by atoms with Crippen LogP contribution in [0.5, 0.6) is 5.75 Å². The Morgan fingerprint density at radius 3 is 2.82 bits per heavy atom. The van der Waals surface area contributed by atoms with E-state index in [9.17, 15) is 4.79 Å². The Hall–Kier alpha value is -1.75. The predicted molar refractivity (Wildman–Crippen MR) is 66.0 cm³/mol. The number of rotatable bonds is 5. The smallest absolute Gasteiger partial charge is 0.257 e. The van der Waals surface area contributed by atoms with Gasteiger partial charge in [0.05, 0.1) is 19.8 Å². The molecule has 0 radical (unpaired) electrons. The lowest BCUT2D eigenvalue weighted by Crippen LogP contribution is -2.37. The maximum Gasteiger partial charge on any atom is 0.257 e. The zero-order valence-electron chi connectivity index (χ0n) is 10.1. The van der Waals surface area contributed by atoms with Crippen LogP contribution < -0.4 is 15.8 Å². The highest BCUT2D eigenvalue weighted by Gasteiger charge is 2.18. The van der Waals surface area contributed by atoms with Crippen molar-refractivity contribution in [1.82, 2.24) is 5.32 Å². The van der Waals surface area contributed by atoms with Gasteiger partial charge in [0.2, 0.25) is 0 Å². The van der Waals surface area contributed by atoms with E-state index in [-0.39, 0.29) is 18.6 Å². The first-order valence-corrected chi connectivity index (χ1v) is 5.48. The fourth-order valence-electron chi connectivity index (χ4n) is 1.50. The summed E-state index contributed by atoms with van der Waals surface area (Å²) in [4.78, 5) is 12.0. The van der Waals surface area contributed by atoms with Crippen molar-refractivity contribution < 1.29 is 14.6 Å². The normalized spacial score (nSPS) is 11.9. The fraction of sp³-hybridized carbons (Fsp3) is 0.417. The number of methoxy groups -OCH3 is 1. The minimum absolute atomic E-state index is 0.0999. The van der Waals surface area contributed by atoms with Gasteiger partial charge in [0.15, 0.2) is 0 Å². The van der Waals surface area contributed by atoms with E-state index in [0.29, 0.717) is 23.4 Å². The van der Waals surface area contributed by atoms with Crippen LogP contribution in [0.3, 0.4) is 0 Å². The number of aliphatic hydroxyl groups is 1. The first-order valence-electron chi connectivity index (χ1n) is 5.48. The molecule has 5 heteroatoms. The highest BCUT2D eigenvalue weighted by molar-refractivity contribution is 6.02. The minimum atomic E-state index is -0.333. The van der Waals surface area contributed by atoms with Crippen LogP contribution in [0.1, 0.15) is 23.7 Å². The number of anilines is 1. The molecule has 1 amide bonds. The third-order valence-electron chi connectivity index (χ3n) is 2.55. The molecule has 0 aromatic heterocycles. The summed E-state index contributed by atoms with van der Waals surface area (Å²) in [5, 5.41) is 11.7. The summed E-state index contributed by atoms with van der Waals surface area (Å²) in [5.74, 6) is 0.0937. The third kappa shape index (κ3) is 3.10. The second kappa shape index (κ2) is 6.10. The van der Waals surface area contributed by atoms with Crippen LogP contribution in [-0.4, -0.2) is 30.8 Å². The van der Waals surface area contributed by atoms with Crippen LogP contribution in [0.2, 0.25) is 0 Å². The van der Waals surface area contributed by atoms with E-state index in [2.05, 4.69) is 5.32 Å². The molecule has 0 aliphatic heterocycles. The van der Waals surface area contributed by atoms with Gasteiger partial charge in [-0.05, 0) is 18.6 Å². The average molecular weight is 238 g/mol. The lowest BCUT2D eigenvalue weighted by atomic mass is 10.1. The number of benzene rings is 1. The number of hydrogen-bond donors (Lipinski definition) is 3. The molecule has 1 rings (SSSR count). The molecule has 0 unspecified atom stereocenters. The van der Waals surface area contributed by atoms with E-state index in [0.717, 1.165) is 0 Å². The fourth-order valence-corrected chi connectivity index (χ4v) is 1.50. The van der Waals surface area contributed by atoms with Gasteiger partial charge in [0.25, 0.3) is 5.91 Å². The molecule has 0 aliphatic carbocycles. The molecule has 1 aromatic rings. The van der Waals surface area contributed by atoms with Gasteiger partial charge in [-0.15, -0.1) is 0 Å². The van der Waals surface area contributed by atoms with Crippen LogP contribution in [0.4, 0.5) is 5.69 Å². The topological polar surface area (TPSA) is 84.6 Å². The molecule has 1 aromatic carbocycles. The van der Waals surface area contributed by atoms with Gasteiger partial charge in [-0.25, -0.2) is 0 Å². The molecule has 0 fully saturated rings. The first kappa shape index (κ1) is 13.3. The Kier molecular flexibility index (Phi) is 4.78. The van der Waals surface area contributed by atoms with E-state index in [1.165, 1.54) is 7.11 Å². The number of carbonyl (C=O) groups is 1. The van der Waals surface area contributed by atoms with Gasteiger partial charge in [0.1, 0.15) is 11.3 Å². The lowest BCUT2D eigenvalue weighted by Gasteiger charge is -2.16. The summed E-state index contributed by atoms with van der Waals surface area (Å²) in [6.07, 6.45) is 0.650. The van der Waals surface area contributed by atoms with E-state index in [4.69, 9.17) is 15.6 Å². The van der Waals surface area contributed by atoms with E-state index in [1.807, 2.05) is 6.92 Å². The van der Waals surface area contributed by atoms with E-state index < -0.39 is 0 Å². The molecule has 0 bridgehead atoms.